The molecule has 0 spiro atoms. The van der Waals surface area contributed by atoms with Crippen LogP contribution in [0.1, 0.15) is 23.4 Å². The molecule has 0 fully saturated rings. The quantitative estimate of drug-likeness (QED) is 0.829. The van der Waals surface area contributed by atoms with E-state index in [0.29, 0.717) is 0 Å². The minimum Gasteiger partial charge on any atom is -0.384 e. The standard InChI is InChI=1S/C15H18ClNOS/c1-11(14-7-8-15(16)19-14)17-13-6-4-3-5-12(13)9-10-18-2/h3-8,11,17H,9-10H2,1-2H3. The normalized spacial score (nSPS) is 12.4. The molecule has 0 radical (unpaired) electrons. The van der Waals surface area contributed by atoms with Gasteiger partial charge in [0.2, 0.25) is 0 Å². The lowest BCUT2D eigenvalue weighted by atomic mass is 10.1. The summed E-state index contributed by atoms with van der Waals surface area (Å²) in [4.78, 5) is 1.24. The molecule has 1 N–H and O–H groups in total. The zero-order chi connectivity index (χ0) is 13.7. The van der Waals surface area contributed by atoms with Gasteiger partial charge in [-0.3, -0.25) is 0 Å². The van der Waals surface area contributed by atoms with Gasteiger partial charge >= 0.3 is 0 Å². The van der Waals surface area contributed by atoms with Crippen molar-refractivity contribution in [2.45, 2.75) is 19.4 Å². The van der Waals surface area contributed by atoms with Crippen LogP contribution >= 0.6 is 22.9 Å². The Bertz CT molecular complexity index is 526. The van der Waals surface area contributed by atoms with E-state index in [9.17, 15) is 0 Å². The minimum absolute atomic E-state index is 0.251. The third-order valence-corrected chi connectivity index (χ3v) is 4.40. The van der Waals surface area contributed by atoms with Gasteiger partial charge in [-0.1, -0.05) is 29.8 Å². The summed E-state index contributed by atoms with van der Waals surface area (Å²) in [5, 5.41) is 3.55. The highest BCUT2D eigenvalue weighted by molar-refractivity contribution is 7.16. The fourth-order valence-electron chi connectivity index (χ4n) is 1.96. The van der Waals surface area contributed by atoms with Crippen LogP contribution in [0.4, 0.5) is 5.69 Å². The van der Waals surface area contributed by atoms with E-state index in [1.54, 1.807) is 18.4 Å². The Hall–Kier alpha value is -1.03. The zero-order valence-electron chi connectivity index (χ0n) is 11.2. The number of methoxy groups -OCH3 is 1. The summed E-state index contributed by atoms with van der Waals surface area (Å²) in [5.74, 6) is 0. The second kappa shape index (κ2) is 6.94. The number of para-hydroxylation sites is 1. The molecule has 0 amide bonds. The first-order chi connectivity index (χ1) is 9.20. The zero-order valence-corrected chi connectivity index (χ0v) is 12.7. The van der Waals surface area contributed by atoms with E-state index >= 15 is 0 Å². The molecule has 0 aliphatic rings. The van der Waals surface area contributed by atoms with Crippen molar-refractivity contribution >= 4 is 28.6 Å². The van der Waals surface area contributed by atoms with Crippen molar-refractivity contribution in [2.75, 3.05) is 19.0 Å². The molecule has 1 aromatic heterocycles. The number of hydrogen-bond donors (Lipinski definition) is 1. The van der Waals surface area contributed by atoms with Gasteiger partial charge in [0.15, 0.2) is 0 Å². The average Bonchev–Trinajstić information content (AvgIpc) is 2.84. The molecule has 1 atom stereocenters. The van der Waals surface area contributed by atoms with Crippen LogP contribution in [-0.4, -0.2) is 13.7 Å². The SMILES string of the molecule is COCCc1ccccc1NC(C)c1ccc(Cl)s1. The Labute approximate surface area is 123 Å². The number of thiophene rings is 1. The van der Waals surface area contributed by atoms with Gasteiger partial charge in [0.1, 0.15) is 0 Å². The molecular formula is C15H18ClNOS. The molecule has 0 aliphatic heterocycles. The van der Waals surface area contributed by atoms with Crippen LogP contribution in [0.3, 0.4) is 0 Å². The van der Waals surface area contributed by atoms with Gasteiger partial charge < -0.3 is 10.1 Å². The maximum Gasteiger partial charge on any atom is 0.0932 e. The van der Waals surface area contributed by atoms with Crippen LogP contribution in [-0.2, 0) is 11.2 Å². The van der Waals surface area contributed by atoms with E-state index in [1.165, 1.54) is 10.4 Å². The summed E-state index contributed by atoms with van der Waals surface area (Å²) in [7, 11) is 1.73. The molecular weight excluding hydrogens is 278 g/mol. The molecule has 19 heavy (non-hydrogen) atoms. The first kappa shape index (κ1) is 14.4. The first-order valence-corrected chi connectivity index (χ1v) is 7.48. The summed E-state index contributed by atoms with van der Waals surface area (Å²) < 4.78 is 5.98. The molecule has 0 saturated heterocycles. The average molecular weight is 296 g/mol. The summed E-state index contributed by atoms with van der Waals surface area (Å²) in [6.45, 7) is 2.88. The first-order valence-electron chi connectivity index (χ1n) is 6.29. The van der Waals surface area contributed by atoms with Gasteiger partial charge in [-0.15, -0.1) is 11.3 Å². The number of ether oxygens (including phenoxy) is 1. The van der Waals surface area contributed by atoms with Crippen LogP contribution in [0.2, 0.25) is 4.34 Å². The Kier molecular flexibility index (Phi) is 5.25. The fourth-order valence-corrected chi connectivity index (χ4v) is 3.02. The summed E-state index contributed by atoms with van der Waals surface area (Å²) in [6, 6.07) is 12.6. The topological polar surface area (TPSA) is 21.3 Å². The van der Waals surface area contributed by atoms with Crippen LogP contribution in [0.25, 0.3) is 0 Å². The maximum absolute atomic E-state index is 5.98. The highest BCUT2D eigenvalue weighted by atomic mass is 35.5. The monoisotopic (exact) mass is 295 g/mol. The van der Waals surface area contributed by atoms with Crippen LogP contribution in [0.5, 0.6) is 0 Å². The van der Waals surface area contributed by atoms with Gasteiger partial charge in [-0.25, -0.2) is 0 Å². The van der Waals surface area contributed by atoms with Crippen molar-refractivity contribution in [2.24, 2.45) is 0 Å². The van der Waals surface area contributed by atoms with Crippen molar-refractivity contribution in [3.63, 3.8) is 0 Å². The molecule has 102 valence electrons. The Morgan fingerprint density at radius 2 is 2.05 bits per heavy atom. The van der Waals surface area contributed by atoms with E-state index in [0.717, 1.165) is 23.1 Å². The molecule has 4 heteroatoms. The van der Waals surface area contributed by atoms with Crippen molar-refractivity contribution in [3.8, 4) is 0 Å². The van der Waals surface area contributed by atoms with E-state index < -0.39 is 0 Å². The van der Waals surface area contributed by atoms with Crippen molar-refractivity contribution in [3.05, 3.63) is 51.2 Å². The summed E-state index contributed by atoms with van der Waals surface area (Å²) >= 11 is 7.60. The molecule has 0 saturated carbocycles. The fraction of sp³-hybridized carbons (Fsp3) is 0.333. The van der Waals surface area contributed by atoms with Crippen molar-refractivity contribution in [1.29, 1.82) is 0 Å². The van der Waals surface area contributed by atoms with E-state index in [-0.39, 0.29) is 6.04 Å². The number of benzene rings is 1. The van der Waals surface area contributed by atoms with Crippen molar-refractivity contribution in [1.82, 2.24) is 0 Å². The highest BCUT2D eigenvalue weighted by Crippen LogP contribution is 2.29. The molecule has 2 nitrogen and oxygen atoms in total. The Morgan fingerprint density at radius 1 is 1.26 bits per heavy atom. The predicted molar refractivity (Wildman–Crippen MR) is 83.4 cm³/mol. The Morgan fingerprint density at radius 3 is 2.74 bits per heavy atom. The van der Waals surface area contributed by atoms with Crippen LogP contribution < -0.4 is 5.32 Å². The highest BCUT2D eigenvalue weighted by Gasteiger charge is 2.10. The molecule has 2 aromatic rings. The summed E-state index contributed by atoms with van der Waals surface area (Å²) in [5.41, 5.74) is 2.44. The lowest BCUT2D eigenvalue weighted by Gasteiger charge is -2.17. The number of hydrogen-bond acceptors (Lipinski definition) is 3. The molecule has 1 heterocycles. The van der Waals surface area contributed by atoms with E-state index in [1.807, 2.05) is 12.1 Å². The lowest BCUT2D eigenvalue weighted by Crippen LogP contribution is -2.08. The largest absolute Gasteiger partial charge is 0.384 e. The van der Waals surface area contributed by atoms with Gasteiger partial charge in [-0.2, -0.15) is 0 Å². The second-order valence-electron chi connectivity index (χ2n) is 4.41. The van der Waals surface area contributed by atoms with Crippen LogP contribution in [0, 0.1) is 0 Å². The van der Waals surface area contributed by atoms with Gasteiger partial charge in [-0.05, 0) is 37.1 Å². The molecule has 2 rings (SSSR count). The molecule has 0 bridgehead atoms. The van der Waals surface area contributed by atoms with Gasteiger partial charge in [0, 0.05) is 17.7 Å². The number of rotatable bonds is 6. The second-order valence-corrected chi connectivity index (χ2v) is 6.15. The molecule has 1 aromatic carbocycles. The van der Waals surface area contributed by atoms with E-state index in [4.69, 9.17) is 16.3 Å². The lowest BCUT2D eigenvalue weighted by molar-refractivity contribution is 0.202. The third-order valence-electron chi connectivity index (χ3n) is 2.99. The molecule has 1 unspecified atom stereocenters. The number of anilines is 1. The minimum atomic E-state index is 0.251. The summed E-state index contributed by atoms with van der Waals surface area (Å²) in [6.07, 6.45) is 0.914. The third kappa shape index (κ3) is 3.96. The number of nitrogens with one attached hydrogen (secondary N) is 1. The maximum atomic E-state index is 5.98. The Balaban J connectivity index is 2.09. The van der Waals surface area contributed by atoms with E-state index in [2.05, 4.69) is 36.5 Å². The molecule has 0 aliphatic carbocycles. The van der Waals surface area contributed by atoms with Crippen LogP contribution in [0.15, 0.2) is 36.4 Å². The van der Waals surface area contributed by atoms with Gasteiger partial charge in [0.25, 0.3) is 0 Å². The smallest absolute Gasteiger partial charge is 0.0932 e. The van der Waals surface area contributed by atoms with Crippen molar-refractivity contribution < 1.29 is 4.74 Å². The van der Waals surface area contributed by atoms with Gasteiger partial charge in [0.05, 0.1) is 17.0 Å². The predicted octanol–water partition coefficient (Wildman–Crippen LogP) is 4.76. The number of halogens is 1.